The maximum Gasteiger partial charge on any atom is 0.357 e. The second-order valence-corrected chi connectivity index (χ2v) is 12.8. The van der Waals surface area contributed by atoms with Gasteiger partial charge in [0.1, 0.15) is 5.75 Å². The molecule has 0 aliphatic carbocycles. The summed E-state index contributed by atoms with van der Waals surface area (Å²) in [6, 6.07) is 7.30. The molecule has 194 valence electrons. The van der Waals surface area contributed by atoms with E-state index in [2.05, 4.69) is 4.98 Å². The molecule has 1 atom stereocenters. The van der Waals surface area contributed by atoms with E-state index in [-0.39, 0.29) is 31.4 Å². The molecular formula is C27H41N2O5P. The van der Waals surface area contributed by atoms with Crippen LogP contribution < -0.4 is 0 Å². The van der Waals surface area contributed by atoms with E-state index >= 15 is 0 Å². The predicted octanol–water partition coefficient (Wildman–Crippen LogP) is 6.70. The van der Waals surface area contributed by atoms with Crippen LogP contribution in [0.25, 0.3) is 0 Å². The largest absolute Gasteiger partial charge is 0.507 e. The topological polar surface area (TPSA) is 89.0 Å². The molecule has 1 N–H and O–H groups in total. The summed E-state index contributed by atoms with van der Waals surface area (Å²) in [5.74, 6) is -1.07. The van der Waals surface area contributed by atoms with Crippen molar-refractivity contribution in [2.75, 3.05) is 13.2 Å². The maximum absolute atomic E-state index is 14.3. The molecule has 1 amide bonds. The number of pyridine rings is 1. The molecule has 2 rings (SSSR count). The quantitative estimate of drug-likeness (QED) is 0.383. The van der Waals surface area contributed by atoms with E-state index in [1.54, 1.807) is 26.2 Å². The molecule has 35 heavy (non-hydrogen) atoms. The number of phenolic OH excluding ortho intramolecular Hbond substituents is 1. The lowest BCUT2D eigenvalue weighted by atomic mass is 9.78. The van der Waals surface area contributed by atoms with Crippen LogP contribution in [0, 0.1) is 0 Å². The van der Waals surface area contributed by atoms with E-state index in [0.29, 0.717) is 16.7 Å². The van der Waals surface area contributed by atoms with Gasteiger partial charge in [0.2, 0.25) is 5.91 Å². The van der Waals surface area contributed by atoms with E-state index < -0.39 is 24.2 Å². The van der Waals surface area contributed by atoms with E-state index in [9.17, 15) is 14.5 Å². The standard InChI is InChI=1S/C27H41N2O5P/c1-10-33-35(32,34-11-2)25(29(19(3)30)18-20-12-14-28-15-13-20)21-16-22(26(4,5)6)24(31)23(17-21)27(7,8)9/h12-17,25,31H,10-11,18H2,1-9H3. The highest BCUT2D eigenvalue weighted by Crippen LogP contribution is 2.63. The molecule has 2 aromatic rings. The highest BCUT2D eigenvalue weighted by Gasteiger charge is 2.44. The van der Waals surface area contributed by atoms with Crippen LogP contribution in [0.3, 0.4) is 0 Å². The molecule has 0 saturated carbocycles. The third kappa shape index (κ3) is 6.93. The fourth-order valence-corrected chi connectivity index (χ4v) is 6.25. The zero-order valence-corrected chi connectivity index (χ0v) is 23.5. The van der Waals surface area contributed by atoms with Gasteiger partial charge >= 0.3 is 7.60 Å². The molecule has 0 spiro atoms. The number of aromatic nitrogens is 1. The maximum atomic E-state index is 14.3. The number of hydrogen-bond acceptors (Lipinski definition) is 6. The van der Waals surface area contributed by atoms with Gasteiger partial charge in [0, 0.05) is 25.9 Å². The molecule has 1 heterocycles. The van der Waals surface area contributed by atoms with Gasteiger partial charge in [0.05, 0.1) is 13.2 Å². The van der Waals surface area contributed by atoms with Crippen LogP contribution in [-0.2, 0) is 35.8 Å². The molecule has 0 saturated heterocycles. The van der Waals surface area contributed by atoms with Gasteiger partial charge in [-0.2, -0.15) is 0 Å². The van der Waals surface area contributed by atoms with Gasteiger partial charge in [-0.15, -0.1) is 0 Å². The van der Waals surface area contributed by atoms with Gasteiger partial charge in [-0.3, -0.25) is 14.3 Å². The Hall–Kier alpha value is -2.21. The van der Waals surface area contributed by atoms with Crippen LogP contribution >= 0.6 is 7.60 Å². The number of amides is 1. The van der Waals surface area contributed by atoms with Crippen molar-refractivity contribution in [3.63, 3.8) is 0 Å². The second-order valence-electron chi connectivity index (χ2n) is 10.7. The average molecular weight is 505 g/mol. The smallest absolute Gasteiger partial charge is 0.357 e. The molecule has 1 aromatic heterocycles. The van der Waals surface area contributed by atoms with Crippen LogP contribution in [0.15, 0.2) is 36.7 Å². The Labute approximate surface area is 210 Å². The summed E-state index contributed by atoms with van der Waals surface area (Å²) in [6.45, 7) is 17.5. The van der Waals surface area contributed by atoms with Crippen LogP contribution in [0.5, 0.6) is 5.75 Å². The first-order valence-corrected chi connectivity index (χ1v) is 13.7. The number of carbonyl (C=O) groups is 1. The fraction of sp³-hybridized carbons (Fsp3) is 0.556. The normalized spacial score (nSPS) is 13.5. The van der Waals surface area contributed by atoms with Crippen molar-refractivity contribution in [3.05, 3.63) is 58.9 Å². The van der Waals surface area contributed by atoms with Crippen molar-refractivity contribution in [2.24, 2.45) is 0 Å². The predicted molar refractivity (Wildman–Crippen MR) is 140 cm³/mol. The van der Waals surface area contributed by atoms with Gasteiger partial charge in [-0.05, 0) is 71.2 Å². The molecule has 0 radical (unpaired) electrons. The van der Waals surface area contributed by atoms with Crippen LogP contribution in [0.2, 0.25) is 0 Å². The molecule has 1 aromatic carbocycles. The lowest BCUT2D eigenvalue weighted by Gasteiger charge is -2.37. The number of benzene rings is 1. The van der Waals surface area contributed by atoms with E-state index in [0.717, 1.165) is 5.56 Å². The lowest BCUT2D eigenvalue weighted by Crippen LogP contribution is -2.34. The van der Waals surface area contributed by atoms with Gasteiger partial charge in [-0.25, -0.2) is 0 Å². The van der Waals surface area contributed by atoms with Gasteiger partial charge in [0.25, 0.3) is 0 Å². The Bertz CT molecular complexity index is 1010. The van der Waals surface area contributed by atoms with Crippen LogP contribution in [-0.4, -0.2) is 34.1 Å². The Morgan fingerprint density at radius 3 is 1.83 bits per heavy atom. The monoisotopic (exact) mass is 504 g/mol. The SMILES string of the molecule is CCOP(=O)(OCC)C(c1cc(C(C)(C)C)c(O)c(C(C)(C)C)c1)N(Cc1ccncc1)C(C)=O. The number of carbonyl (C=O) groups excluding carboxylic acids is 1. The number of phenols is 1. The summed E-state index contributed by atoms with van der Waals surface area (Å²) in [5, 5.41) is 11.2. The number of nitrogens with zero attached hydrogens (tertiary/aromatic N) is 2. The Balaban J connectivity index is 2.91. The lowest BCUT2D eigenvalue weighted by molar-refractivity contribution is -0.130. The third-order valence-corrected chi connectivity index (χ3v) is 8.18. The highest BCUT2D eigenvalue weighted by molar-refractivity contribution is 7.54. The Morgan fingerprint density at radius 2 is 1.46 bits per heavy atom. The molecule has 0 aliphatic heterocycles. The Kier molecular flexibility index (Phi) is 9.32. The summed E-state index contributed by atoms with van der Waals surface area (Å²) in [6.07, 6.45) is 3.31. The molecule has 0 fully saturated rings. The second kappa shape index (κ2) is 11.2. The van der Waals surface area contributed by atoms with Crippen LogP contribution in [0.1, 0.15) is 90.4 Å². The van der Waals surface area contributed by atoms with Gasteiger partial charge in [0.15, 0.2) is 5.78 Å². The fourth-order valence-electron chi connectivity index (χ4n) is 4.08. The van der Waals surface area contributed by atoms with E-state index in [1.807, 2.05) is 65.8 Å². The van der Waals surface area contributed by atoms with Crippen molar-refractivity contribution in [3.8, 4) is 5.75 Å². The molecule has 0 bridgehead atoms. The van der Waals surface area contributed by atoms with Gasteiger partial charge in [-0.1, -0.05) is 41.5 Å². The highest BCUT2D eigenvalue weighted by atomic mass is 31.2. The summed E-state index contributed by atoms with van der Waals surface area (Å²) in [5.41, 5.74) is 2.04. The average Bonchev–Trinajstić information content (AvgIpc) is 2.73. The van der Waals surface area contributed by atoms with E-state index in [4.69, 9.17) is 9.05 Å². The zero-order chi connectivity index (χ0) is 26.6. The van der Waals surface area contributed by atoms with Crippen molar-refractivity contribution < 1.29 is 23.5 Å². The van der Waals surface area contributed by atoms with Gasteiger partial charge < -0.3 is 19.1 Å². The minimum atomic E-state index is -3.85. The first-order chi connectivity index (χ1) is 16.2. The molecule has 1 unspecified atom stereocenters. The summed E-state index contributed by atoms with van der Waals surface area (Å²) >= 11 is 0. The van der Waals surface area contributed by atoms with E-state index in [1.165, 1.54) is 11.8 Å². The number of aromatic hydroxyl groups is 1. The molecule has 7 nitrogen and oxygen atoms in total. The number of hydrogen-bond donors (Lipinski definition) is 1. The summed E-state index contributed by atoms with van der Waals surface area (Å²) in [4.78, 5) is 18.7. The number of rotatable bonds is 9. The minimum Gasteiger partial charge on any atom is -0.507 e. The summed E-state index contributed by atoms with van der Waals surface area (Å²) in [7, 11) is -3.85. The third-order valence-electron chi connectivity index (χ3n) is 5.77. The molecule has 0 aliphatic rings. The minimum absolute atomic E-state index is 0.158. The molecule has 8 heteroatoms. The zero-order valence-electron chi connectivity index (χ0n) is 22.6. The molecular weight excluding hydrogens is 463 g/mol. The van der Waals surface area contributed by atoms with Crippen LogP contribution in [0.4, 0.5) is 0 Å². The first-order valence-electron chi connectivity index (χ1n) is 12.1. The first kappa shape index (κ1) is 29.0. The van der Waals surface area contributed by atoms with Crippen molar-refractivity contribution >= 4 is 13.5 Å². The Morgan fingerprint density at radius 1 is 1.00 bits per heavy atom. The van der Waals surface area contributed by atoms with Crippen molar-refractivity contribution in [1.29, 1.82) is 0 Å². The summed E-state index contributed by atoms with van der Waals surface area (Å²) < 4.78 is 25.9. The van der Waals surface area contributed by atoms with Crippen molar-refractivity contribution in [1.82, 2.24) is 9.88 Å². The van der Waals surface area contributed by atoms with Crippen molar-refractivity contribution in [2.45, 2.75) is 85.5 Å².